The summed E-state index contributed by atoms with van der Waals surface area (Å²) in [4.78, 5) is 20.5. The van der Waals surface area contributed by atoms with Crippen molar-refractivity contribution >= 4 is 16.7 Å². The van der Waals surface area contributed by atoms with Crippen molar-refractivity contribution in [1.29, 1.82) is 0 Å². The number of carbonyl (C=O) groups excluding carboxylic acids is 1. The maximum atomic E-state index is 12.8. The molecule has 196 valence electrons. The lowest BCUT2D eigenvalue weighted by molar-refractivity contribution is -0.121. The normalized spacial score (nSPS) is 24.7. The van der Waals surface area contributed by atoms with Crippen molar-refractivity contribution in [3.63, 3.8) is 0 Å². The van der Waals surface area contributed by atoms with Gasteiger partial charge in [-0.3, -0.25) is 14.6 Å². The molecule has 3 saturated heterocycles. The van der Waals surface area contributed by atoms with E-state index in [-0.39, 0.29) is 5.91 Å². The second-order valence-electron chi connectivity index (χ2n) is 10.9. The molecule has 1 N–H and O–H groups in total. The molecule has 36 heavy (non-hydrogen) atoms. The van der Waals surface area contributed by atoms with Crippen LogP contribution >= 0.6 is 0 Å². The SMILES string of the molecule is O=C(CC[C@@H]1CN(Cc2cccc3ccccc23)CC[C@@H]1N1CCOCC1)NCCN1CCCCC1. The van der Waals surface area contributed by atoms with E-state index in [0.29, 0.717) is 18.4 Å². The third-order valence-electron chi connectivity index (χ3n) is 8.51. The molecular formula is C30H44N4O2. The standard InChI is InChI=1S/C30H44N4O2/c35-30(31-14-18-32-15-4-1-5-16-32)12-11-27-24-33(17-13-29(27)34-19-21-36-22-20-34)23-26-9-6-8-25-7-2-3-10-28(25)26/h2-3,6-10,27,29H,1,4-5,11-24H2,(H,31,35)/t27-,29+/m1/s1. The van der Waals surface area contributed by atoms with Gasteiger partial charge in [0.15, 0.2) is 0 Å². The van der Waals surface area contributed by atoms with Crippen molar-refractivity contribution in [1.82, 2.24) is 20.0 Å². The van der Waals surface area contributed by atoms with Crippen LogP contribution in [0.5, 0.6) is 0 Å². The Hall–Kier alpha value is -1.99. The molecule has 6 nitrogen and oxygen atoms in total. The Kier molecular flexibility index (Phi) is 9.26. The van der Waals surface area contributed by atoms with Gasteiger partial charge in [0.05, 0.1) is 13.2 Å². The lowest BCUT2D eigenvalue weighted by atomic mass is 9.86. The zero-order valence-corrected chi connectivity index (χ0v) is 21.9. The highest BCUT2D eigenvalue weighted by Crippen LogP contribution is 2.29. The van der Waals surface area contributed by atoms with E-state index in [2.05, 4.69) is 62.5 Å². The van der Waals surface area contributed by atoms with E-state index >= 15 is 0 Å². The molecule has 0 aliphatic carbocycles. The van der Waals surface area contributed by atoms with Gasteiger partial charge in [0.2, 0.25) is 5.91 Å². The molecule has 3 fully saturated rings. The van der Waals surface area contributed by atoms with Gasteiger partial charge < -0.3 is 15.0 Å². The number of nitrogens with zero attached hydrogens (tertiary/aromatic N) is 3. The van der Waals surface area contributed by atoms with Gasteiger partial charge in [-0.15, -0.1) is 0 Å². The monoisotopic (exact) mass is 492 g/mol. The van der Waals surface area contributed by atoms with Crippen molar-refractivity contribution in [2.24, 2.45) is 5.92 Å². The molecule has 3 heterocycles. The zero-order chi connectivity index (χ0) is 24.6. The van der Waals surface area contributed by atoms with Gasteiger partial charge in [-0.05, 0) is 67.6 Å². The summed E-state index contributed by atoms with van der Waals surface area (Å²) in [6.07, 6.45) is 6.72. The molecule has 3 aliphatic heterocycles. The van der Waals surface area contributed by atoms with Crippen LogP contribution < -0.4 is 5.32 Å². The quantitative estimate of drug-likeness (QED) is 0.578. The molecule has 1 amide bonds. The van der Waals surface area contributed by atoms with Crippen LogP contribution in [0.2, 0.25) is 0 Å². The number of fused-ring (bicyclic) bond motifs is 1. The van der Waals surface area contributed by atoms with E-state index in [0.717, 1.165) is 65.4 Å². The maximum Gasteiger partial charge on any atom is 0.220 e. The Morgan fingerprint density at radius 3 is 2.58 bits per heavy atom. The molecular weight excluding hydrogens is 448 g/mol. The maximum absolute atomic E-state index is 12.8. The fraction of sp³-hybridized carbons (Fsp3) is 0.633. The van der Waals surface area contributed by atoms with Gasteiger partial charge in [-0.2, -0.15) is 0 Å². The van der Waals surface area contributed by atoms with Crippen LogP contribution in [0.3, 0.4) is 0 Å². The number of likely N-dealkylation sites (tertiary alicyclic amines) is 2. The van der Waals surface area contributed by atoms with Crippen molar-refractivity contribution in [2.45, 2.75) is 51.1 Å². The van der Waals surface area contributed by atoms with Crippen LogP contribution in [0.4, 0.5) is 0 Å². The summed E-state index contributed by atoms with van der Waals surface area (Å²) in [5.74, 6) is 0.735. The van der Waals surface area contributed by atoms with E-state index in [9.17, 15) is 4.79 Å². The van der Waals surface area contributed by atoms with Crippen molar-refractivity contribution in [3.05, 3.63) is 48.0 Å². The number of benzene rings is 2. The first-order valence-electron chi connectivity index (χ1n) is 14.3. The first kappa shape index (κ1) is 25.7. The van der Waals surface area contributed by atoms with Crippen molar-refractivity contribution in [3.8, 4) is 0 Å². The van der Waals surface area contributed by atoms with Gasteiger partial charge in [-0.1, -0.05) is 48.9 Å². The van der Waals surface area contributed by atoms with Gasteiger partial charge >= 0.3 is 0 Å². The highest BCUT2D eigenvalue weighted by atomic mass is 16.5. The molecule has 0 spiro atoms. The Bertz CT molecular complexity index is 965. The second-order valence-corrected chi connectivity index (χ2v) is 10.9. The highest BCUT2D eigenvalue weighted by molar-refractivity contribution is 5.85. The minimum absolute atomic E-state index is 0.221. The summed E-state index contributed by atoms with van der Waals surface area (Å²) in [6.45, 7) is 11.0. The van der Waals surface area contributed by atoms with E-state index in [4.69, 9.17) is 4.74 Å². The first-order valence-corrected chi connectivity index (χ1v) is 14.3. The Morgan fingerprint density at radius 2 is 1.72 bits per heavy atom. The number of hydrogen-bond acceptors (Lipinski definition) is 5. The molecule has 0 unspecified atom stereocenters. The lowest BCUT2D eigenvalue weighted by Gasteiger charge is -2.45. The molecule has 0 radical (unpaired) electrons. The van der Waals surface area contributed by atoms with Gasteiger partial charge in [0.25, 0.3) is 0 Å². The Labute approximate surface area is 216 Å². The predicted octanol–water partition coefficient (Wildman–Crippen LogP) is 3.74. The third kappa shape index (κ3) is 6.86. The Morgan fingerprint density at radius 1 is 0.917 bits per heavy atom. The van der Waals surface area contributed by atoms with Crippen molar-refractivity contribution < 1.29 is 9.53 Å². The molecule has 2 aromatic carbocycles. The van der Waals surface area contributed by atoms with Crippen LogP contribution in [0.15, 0.2) is 42.5 Å². The average Bonchev–Trinajstić information content (AvgIpc) is 2.93. The third-order valence-corrected chi connectivity index (χ3v) is 8.51. The highest BCUT2D eigenvalue weighted by Gasteiger charge is 2.34. The fourth-order valence-corrected chi connectivity index (χ4v) is 6.52. The van der Waals surface area contributed by atoms with Crippen LogP contribution in [0, 0.1) is 5.92 Å². The van der Waals surface area contributed by atoms with Crippen LogP contribution in [-0.4, -0.2) is 92.2 Å². The number of nitrogens with one attached hydrogen (secondary N) is 1. The molecule has 5 rings (SSSR count). The summed E-state index contributed by atoms with van der Waals surface area (Å²) < 4.78 is 5.64. The molecule has 0 aromatic heterocycles. The molecule has 0 bridgehead atoms. The number of ether oxygens (including phenoxy) is 1. The largest absolute Gasteiger partial charge is 0.379 e. The fourth-order valence-electron chi connectivity index (χ4n) is 6.52. The number of morpholine rings is 1. The summed E-state index contributed by atoms with van der Waals surface area (Å²) in [6, 6.07) is 15.9. The van der Waals surface area contributed by atoms with Gasteiger partial charge in [0.1, 0.15) is 0 Å². The first-order chi connectivity index (χ1) is 17.8. The minimum Gasteiger partial charge on any atom is -0.379 e. The van der Waals surface area contributed by atoms with Gasteiger partial charge in [0, 0.05) is 51.7 Å². The van der Waals surface area contributed by atoms with Gasteiger partial charge in [-0.25, -0.2) is 0 Å². The minimum atomic E-state index is 0.221. The number of rotatable bonds is 9. The number of carbonyl (C=O) groups is 1. The van der Waals surface area contributed by atoms with E-state index in [1.165, 1.54) is 55.1 Å². The average molecular weight is 493 g/mol. The van der Waals surface area contributed by atoms with Crippen LogP contribution in [0.1, 0.15) is 44.1 Å². The molecule has 2 atom stereocenters. The number of amides is 1. The smallest absolute Gasteiger partial charge is 0.220 e. The van der Waals surface area contributed by atoms with Crippen molar-refractivity contribution in [2.75, 3.05) is 65.6 Å². The summed E-state index contributed by atoms with van der Waals surface area (Å²) in [5, 5.41) is 5.88. The number of hydrogen-bond donors (Lipinski definition) is 1. The van der Waals surface area contributed by atoms with Crippen LogP contribution in [0.25, 0.3) is 10.8 Å². The molecule has 2 aromatic rings. The molecule has 3 aliphatic rings. The predicted molar refractivity (Wildman–Crippen MR) is 146 cm³/mol. The molecule has 0 saturated carbocycles. The summed E-state index contributed by atoms with van der Waals surface area (Å²) in [5.41, 5.74) is 1.41. The molecule has 6 heteroatoms. The zero-order valence-electron chi connectivity index (χ0n) is 21.9. The second kappa shape index (κ2) is 13.0. The topological polar surface area (TPSA) is 48.1 Å². The summed E-state index contributed by atoms with van der Waals surface area (Å²) >= 11 is 0. The van der Waals surface area contributed by atoms with Crippen LogP contribution in [-0.2, 0) is 16.1 Å². The number of piperidine rings is 2. The Balaban J connectivity index is 1.17. The van der Waals surface area contributed by atoms with E-state index in [1.54, 1.807) is 0 Å². The van der Waals surface area contributed by atoms with E-state index in [1.807, 2.05) is 0 Å². The summed E-state index contributed by atoms with van der Waals surface area (Å²) in [7, 11) is 0. The lowest BCUT2D eigenvalue weighted by Crippen LogP contribution is -2.54. The van der Waals surface area contributed by atoms with E-state index < -0.39 is 0 Å².